The number of carboxylic acid groups (broad SMARTS) is 2. The van der Waals surface area contributed by atoms with Gasteiger partial charge in [0.15, 0.2) is 5.41 Å². The first-order valence-corrected chi connectivity index (χ1v) is 18.7. The summed E-state index contributed by atoms with van der Waals surface area (Å²) in [6.45, 7) is 32.1. The van der Waals surface area contributed by atoms with E-state index >= 15 is 0 Å². The fourth-order valence-electron chi connectivity index (χ4n) is 10.6. The summed E-state index contributed by atoms with van der Waals surface area (Å²) in [5.41, 5.74) is -3.10. The van der Waals surface area contributed by atoms with E-state index in [0.29, 0.717) is 55.2 Å². The molecular weight excluding hydrogens is 612 g/mol. The second kappa shape index (κ2) is 12.8. The van der Waals surface area contributed by atoms with Crippen LogP contribution in [0.3, 0.4) is 0 Å². The van der Waals surface area contributed by atoms with Gasteiger partial charge in [0.25, 0.3) is 0 Å². The van der Waals surface area contributed by atoms with Crippen molar-refractivity contribution in [2.75, 3.05) is 14.1 Å². The molecule has 0 saturated carbocycles. The number of likely N-dealkylation sites (tertiary alicyclic amines) is 2. The Balaban J connectivity index is 2.57. The van der Waals surface area contributed by atoms with Crippen molar-refractivity contribution < 1.29 is 24.9 Å². The molecule has 49 heavy (non-hydrogen) atoms. The molecule has 2 fully saturated rings. The summed E-state index contributed by atoms with van der Waals surface area (Å²) in [6.07, 6.45) is 3.86. The maximum Gasteiger partial charge on any atom is 0.321 e. The molecule has 1 aromatic carbocycles. The van der Waals surface area contributed by atoms with Gasteiger partial charge in [0, 0.05) is 27.6 Å². The number of aromatic hydroxyl groups is 1. The summed E-state index contributed by atoms with van der Waals surface area (Å²) < 4.78 is 0. The van der Waals surface area contributed by atoms with Gasteiger partial charge in [0.1, 0.15) is 5.75 Å². The molecule has 3 rings (SSSR count). The first kappa shape index (κ1) is 41.3. The standard InChI is InChI=1S/C42H72N2O5/c1-18-19-41(28-23-37(8,9)43(16)38(10,11)24-28,29-25-39(12,13)44(17)40(14,15)26-29)42(33(46)47,34(48)49)22-27-20-30(35(2,3)4)32(45)31(21-27)36(5,6)7/h20-21,28-29,45H,18-19,22-26H2,1-17H3,(H,46,47)(H,48,49). The first-order valence-electron chi connectivity index (χ1n) is 18.7. The van der Waals surface area contributed by atoms with Crippen LogP contribution in [0.1, 0.15) is 159 Å². The predicted octanol–water partition coefficient (Wildman–Crippen LogP) is 9.27. The predicted molar refractivity (Wildman–Crippen MR) is 202 cm³/mol. The molecule has 2 aliphatic heterocycles. The highest BCUT2D eigenvalue weighted by Gasteiger charge is 2.70. The van der Waals surface area contributed by atoms with Crippen molar-refractivity contribution in [1.29, 1.82) is 0 Å². The minimum absolute atomic E-state index is 0.148. The maximum absolute atomic E-state index is 14.4. The van der Waals surface area contributed by atoms with E-state index in [1.54, 1.807) is 0 Å². The van der Waals surface area contributed by atoms with Crippen molar-refractivity contribution >= 4 is 11.9 Å². The lowest BCUT2D eigenvalue weighted by molar-refractivity contribution is -0.208. The first-order chi connectivity index (χ1) is 21.8. The van der Waals surface area contributed by atoms with Crippen LogP contribution in [0.5, 0.6) is 5.75 Å². The molecule has 0 unspecified atom stereocenters. The molecule has 2 aliphatic rings. The van der Waals surface area contributed by atoms with E-state index in [1.165, 1.54) is 0 Å². The zero-order valence-electron chi connectivity index (χ0n) is 34.3. The SMILES string of the molecule is CCCC(C1CC(C)(C)N(C)C(C)(C)C1)(C1CC(C)(C)N(C)C(C)(C)C1)C(Cc1cc(C(C)(C)C)c(O)c(C(C)(C)C)c1)(C(=O)O)C(=O)O. The summed E-state index contributed by atoms with van der Waals surface area (Å²) >= 11 is 0. The monoisotopic (exact) mass is 685 g/mol. The van der Waals surface area contributed by atoms with Crippen LogP contribution in [0.25, 0.3) is 0 Å². The molecule has 0 bridgehead atoms. The van der Waals surface area contributed by atoms with Gasteiger partial charge in [0.2, 0.25) is 0 Å². The molecule has 0 aliphatic carbocycles. The fourth-order valence-corrected chi connectivity index (χ4v) is 10.6. The molecule has 1 aromatic rings. The van der Waals surface area contributed by atoms with Crippen LogP contribution in [-0.2, 0) is 26.8 Å². The Labute approximate surface area is 299 Å². The Bertz CT molecular complexity index is 1280. The number of aliphatic carboxylic acids is 2. The molecule has 0 spiro atoms. The number of carbonyl (C=O) groups is 2. The van der Waals surface area contributed by atoms with Crippen molar-refractivity contribution in [3.8, 4) is 5.75 Å². The third-order valence-electron chi connectivity index (χ3n) is 13.5. The Morgan fingerprint density at radius 1 is 0.694 bits per heavy atom. The molecule has 2 heterocycles. The summed E-state index contributed by atoms with van der Waals surface area (Å²) in [4.78, 5) is 33.7. The van der Waals surface area contributed by atoms with Crippen LogP contribution in [-0.4, -0.2) is 73.3 Å². The largest absolute Gasteiger partial charge is 0.507 e. The second-order valence-corrected chi connectivity index (χ2v) is 20.6. The number of piperidine rings is 2. The number of hydrogen-bond donors (Lipinski definition) is 3. The number of hydrogen-bond acceptors (Lipinski definition) is 5. The van der Waals surface area contributed by atoms with Crippen LogP contribution in [0, 0.1) is 22.7 Å². The topological polar surface area (TPSA) is 101 Å². The summed E-state index contributed by atoms with van der Waals surface area (Å²) in [5.74, 6) is -2.62. The maximum atomic E-state index is 14.4. The van der Waals surface area contributed by atoms with Crippen LogP contribution in [0.15, 0.2) is 12.1 Å². The third-order valence-corrected chi connectivity index (χ3v) is 13.5. The second-order valence-electron chi connectivity index (χ2n) is 20.6. The molecule has 0 aromatic heterocycles. The smallest absolute Gasteiger partial charge is 0.321 e. The number of carboxylic acids is 2. The minimum atomic E-state index is -2.12. The van der Waals surface area contributed by atoms with Gasteiger partial charge in [-0.2, -0.15) is 0 Å². The van der Waals surface area contributed by atoms with E-state index in [-0.39, 0.29) is 46.2 Å². The minimum Gasteiger partial charge on any atom is -0.507 e. The average Bonchev–Trinajstić information content (AvgIpc) is 2.90. The van der Waals surface area contributed by atoms with Gasteiger partial charge >= 0.3 is 11.9 Å². The molecule has 0 radical (unpaired) electrons. The highest BCUT2D eigenvalue weighted by Crippen LogP contribution is 2.65. The number of nitrogens with zero attached hydrogens (tertiary/aromatic N) is 2. The lowest BCUT2D eigenvalue weighted by Crippen LogP contribution is -2.70. The van der Waals surface area contributed by atoms with Gasteiger partial charge < -0.3 is 15.3 Å². The molecule has 3 N–H and O–H groups in total. The zero-order valence-corrected chi connectivity index (χ0v) is 34.3. The summed E-state index contributed by atoms with van der Waals surface area (Å²) in [6, 6.07) is 3.79. The zero-order chi connectivity index (χ0) is 38.1. The van der Waals surface area contributed by atoms with Gasteiger partial charge in [-0.25, -0.2) is 0 Å². The molecule has 0 amide bonds. The lowest BCUT2D eigenvalue weighted by atomic mass is 9.42. The Kier molecular flexibility index (Phi) is 10.8. The van der Waals surface area contributed by atoms with Crippen molar-refractivity contribution in [1.82, 2.24) is 9.80 Å². The van der Waals surface area contributed by atoms with Crippen molar-refractivity contribution in [2.45, 2.75) is 182 Å². The van der Waals surface area contributed by atoms with Gasteiger partial charge in [-0.05, 0) is 147 Å². The van der Waals surface area contributed by atoms with Crippen LogP contribution < -0.4 is 0 Å². The van der Waals surface area contributed by atoms with Gasteiger partial charge in [0.05, 0.1) is 0 Å². The van der Waals surface area contributed by atoms with Crippen molar-refractivity contribution in [3.63, 3.8) is 0 Å². The van der Waals surface area contributed by atoms with Crippen LogP contribution >= 0.6 is 0 Å². The van der Waals surface area contributed by atoms with E-state index in [9.17, 15) is 24.9 Å². The molecule has 7 nitrogen and oxygen atoms in total. The Morgan fingerprint density at radius 3 is 1.24 bits per heavy atom. The van der Waals surface area contributed by atoms with Crippen molar-refractivity contribution in [3.05, 3.63) is 28.8 Å². The molecule has 0 atom stereocenters. The van der Waals surface area contributed by atoms with E-state index in [4.69, 9.17) is 0 Å². The Morgan fingerprint density at radius 2 is 1.00 bits per heavy atom. The molecule has 2 saturated heterocycles. The number of rotatable bonds is 9. The average molecular weight is 685 g/mol. The van der Waals surface area contributed by atoms with Gasteiger partial charge in [-0.3, -0.25) is 19.4 Å². The molecule has 280 valence electrons. The van der Waals surface area contributed by atoms with Gasteiger partial charge in [-0.15, -0.1) is 0 Å². The highest BCUT2D eigenvalue weighted by molar-refractivity contribution is 6.00. The van der Waals surface area contributed by atoms with E-state index in [1.807, 2.05) is 53.7 Å². The van der Waals surface area contributed by atoms with E-state index < -0.39 is 33.6 Å². The normalized spacial score (nSPS) is 22.6. The lowest BCUT2D eigenvalue weighted by Gasteiger charge is -2.66. The van der Waals surface area contributed by atoms with Gasteiger partial charge in [-0.1, -0.05) is 67.0 Å². The number of phenols is 1. The fraction of sp³-hybridized carbons (Fsp3) is 0.810. The number of benzene rings is 1. The molecule has 7 heteroatoms. The summed E-state index contributed by atoms with van der Waals surface area (Å²) in [5, 5.41) is 35.1. The summed E-state index contributed by atoms with van der Waals surface area (Å²) in [7, 11) is 4.30. The quantitative estimate of drug-likeness (QED) is 0.223. The molecular formula is C42H72N2O5. The highest BCUT2D eigenvalue weighted by atomic mass is 16.4. The number of phenolic OH excluding ortho intramolecular Hbond substituents is 1. The van der Waals surface area contributed by atoms with Crippen molar-refractivity contribution in [2.24, 2.45) is 22.7 Å². The Hall–Kier alpha value is -2.12. The van der Waals surface area contributed by atoms with Crippen LogP contribution in [0.4, 0.5) is 0 Å². The van der Waals surface area contributed by atoms with Crippen LogP contribution in [0.2, 0.25) is 0 Å². The van der Waals surface area contributed by atoms with E-state index in [0.717, 1.165) is 0 Å². The third kappa shape index (κ3) is 7.06. The van der Waals surface area contributed by atoms with E-state index in [2.05, 4.69) is 86.2 Å².